The molecule has 1 amide bonds. The molecule has 1 aliphatic heterocycles. The van der Waals surface area contributed by atoms with Crippen LogP contribution in [-0.2, 0) is 14.6 Å². The number of rotatable bonds is 2. The van der Waals surface area contributed by atoms with Crippen LogP contribution in [0.25, 0.3) is 0 Å². The molecular weight excluding hydrogens is 238 g/mol. The van der Waals surface area contributed by atoms with Crippen molar-refractivity contribution < 1.29 is 13.2 Å². The van der Waals surface area contributed by atoms with Gasteiger partial charge < -0.3 is 4.90 Å². The maximum Gasteiger partial charge on any atom is 0.226 e. The van der Waals surface area contributed by atoms with E-state index >= 15 is 0 Å². The second kappa shape index (κ2) is 4.96. The third kappa shape index (κ3) is 3.00. The Morgan fingerprint density at radius 2 is 1.76 bits per heavy atom. The van der Waals surface area contributed by atoms with Crippen molar-refractivity contribution in [1.82, 2.24) is 4.90 Å². The van der Waals surface area contributed by atoms with Crippen LogP contribution in [0, 0.1) is 5.92 Å². The summed E-state index contributed by atoms with van der Waals surface area (Å²) in [6.45, 7) is 0. The Bertz CT molecular complexity index is 385. The molecule has 2 fully saturated rings. The Kier molecular flexibility index (Phi) is 3.76. The first-order valence-corrected chi connectivity index (χ1v) is 8.29. The molecule has 0 aromatic carbocycles. The molecule has 5 heteroatoms. The molecule has 2 aliphatic rings. The highest BCUT2D eigenvalue weighted by atomic mass is 32.2. The number of sulfone groups is 1. The maximum absolute atomic E-state index is 12.2. The molecule has 2 rings (SSSR count). The predicted octanol–water partition coefficient (Wildman–Crippen LogP) is 1.21. The molecule has 0 aromatic heterocycles. The molecule has 98 valence electrons. The van der Waals surface area contributed by atoms with Crippen molar-refractivity contribution in [3.05, 3.63) is 0 Å². The quantitative estimate of drug-likeness (QED) is 0.749. The number of hydrogen-bond acceptors (Lipinski definition) is 3. The minimum atomic E-state index is -2.95. The Hall–Kier alpha value is -0.580. The zero-order chi connectivity index (χ0) is 12.5. The second-order valence-corrected chi connectivity index (χ2v) is 7.57. The van der Waals surface area contributed by atoms with Crippen molar-refractivity contribution >= 4 is 15.7 Å². The van der Waals surface area contributed by atoms with Crippen LogP contribution in [0.1, 0.15) is 38.5 Å². The van der Waals surface area contributed by atoms with Crippen molar-refractivity contribution in [2.75, 3.05) is 18.6 Å². The molecule has 0 radical (unpaired) electrons. The van der Waals surface area contributed by atoms with E-state index in [1.165, 1.54) is 19.3 Å². The highest BCUT2D eigenvalue weighted by Gasteiger charge is 2.36. The van der Waals surface area contributed by atoms with Crippen molar-refractivity contribution in [1.29, 1.82) is 0 Å². The van der Waals surface area contributed by atoms with Gasteiger partial charge in [0, 0.05) is 13.1 Å². The number of nitrogens with zero attached hydrogens (tertiary/aromatic N) is 1. The molecule has 17 heavy (non-hydrogen) atoms. The fourth-order valence-corrected chi connectivity index (χ4v) is 4.66. The first kappa shape index (κ1) is 12.9. The molecule has 0 N–H and O–H groups in total. The fraction of sp³-hybridized carbons (Fsp3) is 0.917. The molecule has 0 aromatic rings. The van der Waals surface area contributed by atoms with E-state index in [1.807, 2.05) is 11.9 Å². The summed E-state index contributed by atoms with van der Waals surface area (Å²) in [5.74, 6) is -0.00458. The Balaban J connectivity index is 1.95. The van der Waals surface area contributed by atoms with E-state index < -0.39 is 9.84 Å². The second-order valence-electron chi connectivity index (χ2n) is 5.34. The minimum Gasteiger partial charge on any atom is -0.343 e. The topological polar surface area (TPSA) is 54.5 Å². The summed E-state index contributed by atoms with van der Waals surface area (Å²) in [4.78, 5) is 14.0. The lowest BCUT2D eigenvalue weighted by atomic mass is 9.93. The third-order valence-electron chi connectivity index (χ3n) is 4.05. The van der Waals surface area contributed by atoms with Crippen LogP contribution in [-0.4, -0.2) is 43.8 Å². The highest BCUT2D eigenvalue weighted by Crippen LogP contribution is 2.26. The van der Waals surface area contributed by atoms with Crippen LogP contribution in [0.15, 0.2) is 0 Å². The first-order chi connectivity index (χ1) is 7.99. The number of carbonyl (C=O) groups is 1. The van der Waals surface area contributed by atoms with Gasteiger partial charge in [-0.3, -0.25) is 4.79 Å². The van der Waals surface area contributed by atoms with E-state index in [9.17, 15) is 13.2 Å². The smallest absolute Gasteiger partial charge is 0.226 e. The molecular formula is C12H21NO3S. The zero-order valence-electron chi connectivity index (χ0n) is 10.4. The molecule has 0 spiro atoms. The van der Waals surface area contributed by atoms with Gasteiger partial charge in [-0.05, 0) is 19.3 Å². The molecule has 0 unspecified atom stereocenters. The van der Waals surface area contributed by atoms with Gasteiger partial charge in [-0.15, -0.1) is 0 Å². The summed E-state index contributed by atoms with van der Waals surface area (Å²) in [6, 6.07) is 0.333. The molecule has 1 saturated carbocycles. The van der Waals surface area contributed by atoms with Gasteiger partial charge >= 0.3 is 0 Å². The SMILES string of the molecule is CN(C(=O)[C@@H]1CCS(=O)(=O)C1)C1CCCCC1. The Morgan fingerprint density at radius 3 is 2.29 bits per heavy atom. The van der Waals surface area contributed by atoms with Crippen LogP contribution in [0.4, 0.5) is 0 Å². The van der Waals surface area contributed by atoms with Crippen LogP contribution in [0.3, 0.4) is 0 Å². The lowest BCUT2D eigenvalue weighted by Crippen LogP contribution is -2.42. The standard InChI is InChI=1S/C12H21NO3S/c1-13(11-5-3-2-4-6-11)12(14)10-7-8-17(15,16)9-10/h10-11H,2-9H2,1H3/t10-/m1/s1. The van der Waals surface area contributed by atoms with Crippen molar-refractivity contribution in [3.8, 4) is 0 Å². The van der Waals surface area contributed by atoms with Crippen LogP contribution in [0.5, 0.6) is 0 Å². The monoisotopic (exact) mass is 259 g/mol. The maximum atomic E-state index is 12.2. The Morgan fingerprint density at radius 1 is 1.12 bits per heavy atom. The number of hydrogen-bond donors (Lipinski definition) is 0. The summed E-state index contributed by atoms with van der Waals surface area (Å²) < 4.78 is 22.7. The average molecular weight is 259 g/mol. The minimum absolute atomic E-state index is 0.0398. The van der Waals surface area contributed by atoms with Crippen LogP contribution in [0.2, 0.25) is 0 Å². The zero-order valence-corrected chi connectivity index (χ0v) is 11.2. The third-order valence-corrected chi connectivity index (χ3v) is 5.82. The average Bonchev–Trinajstić information content (AvgIpc) is 2.69. The van der Waals surface area contributed by atoms with Crippen molar-refractivity contribution in [2.24, 2.45) is 5.92 Å². The largest absolute Gasteiger partial charge is 0.343 e. The van der Waals surface area contributed by atoms with Gasteiger partial charge in [0.2, 0.25) is 5.91 Å². The van der Waals surface area contributed by atoms with Gasteiger partial charge in [-0.1, -0.05) is 19.3 Å². The summed E-state index contributed by atoms with van der Waals surface area (Å²) in [5.41, 5.74) is 0. The molecule has 1 aliphatic carbocycles. The van der Waals surface area contributed by atoms with E-state index in [1.54, 1.807) is 0 Å². The Labute approximate surface area is 103 Å². The van der Waals surface area contributed by atoms with Crippen molar-refractivity contribution in [3.63, 3.8) is 0 Å². The molecule has 1 saturated heterocycles. The van der Waals surface area contributed by atoms with Gasteiger partial charge in [0.25, 0.3) is 0 Å². The fourth-order valence-electron chi connectivity index (χ4n) is 2.93. The number of amides is 1. The van der Waals surface area contributed by atoms with Gasteiger partial charge in [-0.25, -0.2) is 8.42 Å². The first-order valence-electron chi connectivity index (χ1n) is 6.47. The van der Waals surface area contributed by atoms with E-state index in [-0.39, 0.29) is 23.3 Å². The molecule has 1 heterocycles. The summed E-state index contributed by atoms with van der Waals surface area (Å²) in [5, 5.41) is 0. The van der Waals surface area contributed by atoms with Crippen LogP contribution < -0.4 is 0 Å². The normalized spacial score (nSPS) is 29.1. The van der Waals surface area contributed by atoms with E-state index in [0.717, 1.165) is 12.8 Å². The van der Waals surface area contributed by atoms with Crippen LogP contribution >= 0.6 is 0 Å². The van der Waals surface area contributed by atoms with Gasteiger partial charge in [-0.2, -0.15) is 0 Å². The van der Waals surface area contributed by atoms with Gasteiger partial charge in [0.1, 0.15) is 0 Å². The lowest BCUT2D eigenvalue weighted by Gasteiger charge is -2.32. The van der Waals surface area contributed by atoms with Crippen molar-refractivity contribution in [2.45, 2.75) is 44.6 Å². The predicted molar refractivity (Wildman–Crippen MR) is 66.4 cm³/mol. The summed E-state index contributed by atoms with van der Waals surface area (Å²) >= 11 is 0. The molecule has 0 bridgehead atoms. The van der Waals surface area contributed by atoms with E-state index in [2.05, 4.69) is 0 Å². The summed E-state index contributed by atoms with van der Waals surface area (Å²) in [7, 11) is -1.12. The molecule has 1 atom stereocenters. The van der Waals surface area contributed by atoms with Gasteiger partial charge in [0.05, 0.1) is 17.4 Å². The highest BCUT2D eigenvalue weighted by molar-refractivity contribution is 7.91. The lowest BCUT2D eigenvalue weighted by molar-refractivity contribution is -0.136. The van der Waals surface area contributed by atoms with E-state index in [0.29, 0.717) is 12.5 Å². The summed E-state index contributed by atoms with van der Waals surface area (Å²) in [6.07, 6.45) is 6.29. The molecule has 4 nitrogen and oxygen atoms in total. The van der Waals surface area contributed by atoms with Gasteiger partial charge in [0.15, 0.2) is 9.84 Å². The van der Waals surface area contributed by atoms with E-state index in [4.69, 9.17) is 0 Å². The number of carbonyl (C=O) groups excluding carboxylic acids is 1.